The van der Waals surface area contributed by atoms with E-state index >= 15 is 0 Å². The minimum Gasteiger partial charge on any atom is -0.349 e. The number of piperidine rings is 1. The first-order valence-electron chi connectivity index (χ1n) is 6.44. The van der Waals surface area contributed by atoms with Crippen LogP contribution < -0.4 is 5.32 Å². The van der Waals surface area contributed by atoms with Gasteiger partial charge in [-0.1, -0.05) is 0 Å². The molecule has 0 aromatic carbocycles. The van der Waals surface area contributed by atoms with Crippen molar-refractivity contribution in [3.8, 4) is 0 Å². The minimum atomic E-state index is 0.823. The Morgan fingerprint density at radius 2 is 2.24 bits per heavy atom. The second kappa shape index (κ2) is 4.49. The molecule has 0 amide bonds. The molecule has 0 unspecified atom stereocenters. The molecule has 1 saturated heterocycles. The summed E-state index contributed by atoms with van der Waals surface area (Å²) >= 11 is 0. The van der Waals surface area contributed by atoms with Crippen molar-refractivity contribution >= 4 is 11.0 Å². The molecule has 0 saturated carbocycles. The molecule has 0 spiro atoms. The third-order valence-electron chi connectivity index (χ3n) is 3.79. The molecule has 3 nitrogen and oxygen atoms in total. The second-order valence-corrected chi connectivity index (χ2v) is 5.03. The highest BCUT2D eigenvalue weighted by Gasteiger charge is 2.16. The van der Waals surface area contributed by atoms with E-state index in [2.05, 4.69) is 34.2 Å². The van der Waals surface area contributed by atoms with Crippen LogP contribution in [0, 0.1) is 5.92 Å². The van der Waals surface area contributed by atoms with Gasteiger partial charge in [-0.2, -0.15) is 0 Å². The molecule has 3 heteroatoms. The lowest BCUT2D eigenvalue weighted by Gasteiger charge is -2.22. The summed E-state index contributed by atoms with van der Waals surface area (Å²) in [5.74, 6) is 0.823. The molecule has 1 aliphatic rings. The van der Waals surface area contributed by atoms with Gasteiger partial charge in [0.1, 0.15) is 0 Å². The molecule has 0 atom stereocenters. The van der Waals surface area contributed by atoms with Crippen LogP contribution >= 0.6 is 0 Å². The van der Waals surface area contributed by atoms with Gasteiger partial charge in [0, 0.05) is 19.4 Å². The summed E-state index contributed by atoms with van der Waals surface area (Å²) in [5, 5.41) is 3.42. The highest BCUT2D eigenvalue weighted by molar-refractivity contribution is 5.79. The van der Waals surface area contributed by atoms with Crippen molar-refractivity contribution in [3.05, 3.63) is 30.1 Å². The van der Waals surface area contributed by atoms with Gasteiger partial charge in [0.2, 0.25) is 0 Å². The van der Waals surface area contributed by atoms with Crippen molar-refractivity contribution in [2.75, 3.05) is 13.1 Å². The van der Waals surface area contributed by atoms with Crippen molar-refractivity contribution in [2.45, 2.75) is 19.3 Å². The van der Waals surface area contributed by atoms with Crippen LogP contribution in [0.3, 0.4) is 0 Å². The van der Waals surface area contributed by atoms with E-state index in [1.54, 1.807) is 0 Å². The van der Waals surface area contributed by atoms with Crippen LogP contribution in [0.4, 0.5) is 0 Å². The fourth-order valence-corrected chi connectivity index (χ4v) is 2.84. The van der Waals surface area contributed by atoms with Gasteiger partial charge in [0.15, 0.2) is 0 Å². The maximum absolute atomic E-state index is 4.53. The number of fused-ring (bicyclic) bond motifs is 1. The Bertz CT molecular complexity index is 509. The maximum Gasteiger partial charge on any atom is 0.0912 e. The van der Waals surface area contributed by atoms with E-state index in [0.29, 0.717) is 0 Å². The summed E-state index contributed by atoms with van der Waals surface area (Å²) < 4.78 is 2.19. The second-order valence-electron chi connectivity index (χ2n) is 5.03. The van der Waals surface area contributed by atoms with Gasteiger partial charge in [0.25, 0.3) is 0 Å². The Kier molecular flexibility index (Phi) is 2.85. The maximum atomic E-state index is 4.53. The Morgan fingerprint density at radius 1 is 1.41 bits per heavy atom. The molecule has 0 radical (unpaired) electrons. The molecule has 90 valence electrons. The molecule has 17 heavy (non-hydrogen) atoms. The molecular weight excluding hydrogens is 210 g/mol. The van der Waals surface area contributed by atoms with Crippen LogP contribution in [0.1, 0.15) is 18.4 Å². The molecule has 3 rings (SSSR count). The van der Waals surface area contributed by atoms with E-state index in [-0.39, 0.29) is 0 Å². The molecule has 1 fully saturated rings. The highest BCUT2D eigenvalue weighted by atomic mass is 14.9. The number of nitrogens with one attached hydrogen (secondary N) is 1. The topological polar surface area (TPSA) is 29.9 Å². The summed E-state index contributed by atoms with van der Waals surface area (Å²) in [4.78, 5) is 4.53. The minimum absolute atomic E-state index is 0.823. The van der Waals surface area contributed by atoms with Crippen LogP contribution in [0.2, 0.25) is 0 Å². The standard InChI is InChI=1S/C14H19N3/c1-17-10-12(9-11-4-7-15-8-5-11)14-13(17)3-2-6-16-14/h2-3,6,10-11,15H,4-5,7-9H2,1H3. The predicted molar refractivity (Wildman–Crippen MR) is 70.0 cm³/mol. The average Bonchev–Trinajstić information content (AvgIpc) is 2.69. The highest BCUT2D eigenvalue weighted by Crippen LogP contribution is 2.24. The van der Waals surface area contributed by atoms with Crippen molar-refractivity contribution in [2.24, 2.45) is 13.0 Å². The predicted octanol–water partition coefficient (Wildman–Crippen LogP) is 2.12. The van der Waals surface area contributed by atoms with Gasteiger partial charge in [-0.15, -0.1) is 0 Å². The summed E-state index contributed by atoms with van der Waals surface area (Å²) in [6.07, 6.45) is 7.91. The number of nitrogens with zero attached hydrogens (tertiary/aromatic N) is 2. The zero-order valence-corrected chi connectivity index (χ0v) is 10.3. The molecule has 1 N–H and O–H groups in total. The van der Waals surface area contributed by atoms with Gasteiger partial charge in [-0.25, -0.2) is 0 Å². The quantitative estimate of drug-likeness (QED) is 0.855. The fourth-order valence-electron chi connectivity index (χ4n) is 2.84. The average molecular weight is 229 g/mol. The van der Waals surface area contributed by atoms with E-state index in [4.69, 9.17) is 0 Å². The SMILES string of the molecule is Cn1cc(CC2CCNCC2)c2ncccc21. The molecule has 2 aromatic rings. The van der Waals surface area contributed by atoms with Gasteiger partial charge in [0.05, 0.1) is 11.0 Å². The lowest BCUT2D eigenvalue weighted by molar-refractivity contribution is 0.373. The summed E-state index contributed by atoms with van der Waals surface area (Å²) in [6.45, 7) is 2.34. The van der Waals surface area contributed by atoms with Crippen LogP contribution in [0.15, 0.2) is 24.5 Å². The molecule has 0 bridgehead atoms. The molecule has 3 heterocycles. The number of rotatable bonds is 2. The van der Waals surface area contributed by atoms with Crippen molar-refractivity contribution in [3.63, 3.8) is 0 Å². The number of hydrogen-bond acceptors (Lipinski definition) is 2. The van der Waals surface area contributed by atoms with Crippen LogP contribution in [0.5, 0.6) is 0 Å². The molecular formula is C14H19N3. The fraction of sp³-hybridized carbons (Fsp3) is 0.500. The van der Waals surface area contributed by atoms with Crippen LogP contribution in [-0.4, -0.2) is 22.6 Å². The Morgan fingerprint density at radius 3 is 3.06 bits per heavy atom. The smallest absolute Gasteiger partial charge is 0.0912 e. The summed E-state index contributed by atoms with van der Waals surface area (Å²) in [5.41, 5.74) is 3.85. The Balaban J connectivity index is 1.89. The largest absolute Gasteiger partial charge is 0.349 e. The third-order valence-corrected chi connectivity index (χ3v) is 3.79. The van der Waals surface area contributed by atoms with E-state index in [1.165, 1.54) is 48.9 Å². The number of hydrogen-bond donors (Lipinski definition) is 1. The van der Waals surface area contributed by atoms with Crippen LogP contribution in [0.25, 0.3) is 11.0 Å². The third kappa shape index (κ3) is 2.07. The van der Waals surface area contributed by atoms with Gasteiger partial charge >= 0.3 is 0 Å². The van der Waals surface area contributed by atoms with Gasteiger partial charge < -0.3 is 9.88 Å². The van der Waals surface area contributed by atoms with Gasteiger partial charge in [-0.05, 0) is 56.0 Å². The van der Waals surface area contributed by atoms with Crippen LogP contribution in [-0.2, 0) is 13.5 Å². The molecule has 0 aliphatic carbocycles. The molecule has 1 aliphatic heterocycles. The van der Waals surface area contributed by atoms with E-state index < -0.39 is 0 Å². The Labute approximate surface area is 102 Å². The summed E-state index contributed by atoms with van der Waals surface area (Å²) in [7, 11) is 2.11. The zero-order chi connectivity index (χ0) is 11.7. The zero-order valence-electron chi connectivity index (χ0n) is 10.3. The number of aryl methyl sites for hydroxylation is 1. The first-order valence-corrected chi connectivity index (χ1v) is 6.44. The van der Waals surface area contributed by atoms with E-state index in [9.17, 15) is 0 Å². The van der Waals surface area contributed by atoms with Crippen molar-refractivity contribution in [1.29, 1.82) is 0 Å². The van der Waals surface area contributed by atoms with Crippen molar-refractivity contribution < 1.29 is 0 Å². The summed E-state index contributed by atoms with van der Waals surface area (Å²) in [6, 6.07) is 4.16. The lowest BCUT2D eigenvalue weighted by Crippen LogP contribution is -2.28. The first kappa shape index (κ1) is 10.8. The van der Waals surface area contributed by atoms with Crippen molar-refractivity contribution in [1.82, 2.24) is 14.9 Å². The first-order chi connectivity index (χ1) is 8.34. The van der Waals surface area contributed by atoms with E-state index in [1.807, 2.05) is 12.3 Å². The van der Waals surface area contributed by atoms with Gasteiger partial charge in [-0.3, -0.25) is 4.98 Å². The van der Waals surface area contributed by atoms with E-state index in [0.717, 1.165) is 5.92 Å². The molecule has 2 aromatic heterocycles. The Hall–Kier alpha value is -1.35. The normalized spacial score (nSPS) is 17.7. The number of pyridine rings is 1. The monoisotopic (exact) mass is 229 g/mol. The lowest BCUT2D eigenvalue weighted by atomic mass is 9.91. The number of aromatic nitrogens is 2.